The second-order valence-electron chi connectivity index (χ2n) is 5.70. The average Bonchev–Trinajstić information content (AvgIpc) is 2.38. The summed E-state index contributed by atoms with van der Waals surface area (Å²) in [5, 5.41) is 0. The molecule has 0 aliphatic heterocycles. The lowest BCUT2D eigenvalue weighted by molar-refractivity contribution is 0.104. The molecule has 1 aromatic rings. The van der Waals surface area contributed by atoms with E-state index in [-0.39, 0.29) is 0 Å². The van der Waals surface area contributed by atoms with E-state index in [9.17, 15) is 0 Å². The van der Waals surface area contributed by atoms with E-state index in [4.69, 9.17) is 10.5 Å². The number of nitrogens with two attached hydrogens (primary N) is 1. The molecule has 0 bridgehead atoms. The first-order chi connectivity index (χ1) is 8.69. The Kier molecular flexibility index (Phi) is 4.65. The molecule has 2 heteroatoms. The van der Waals surface area contributed by atoms with Crippen LogP contribution in [0.4, 0.5) is 0 Å². The third-order valence-electron chi connectivity index (χ3n) is 4.14. The highest BCUT2D eigenvalue weighted by molar-refractivity contribution is 5.27. The van der Waals surface area contributed by atoms with Gasteiger partial charge in [-0.2, -0.15) is 0 Å². The molecular weight excluding hydrogens is 222 g/mol. The lowest BCUT2D eigenvalue weighted by Gasteiger charge is -2.32. The zero-order chi connectivity index (χ0) is 13.0. The van der Waals surface area contributed by atoms with Gasteiger partial charge in [0.2, 0.25) is 0 Å². The number of hydrogen-bond acceptors (Lipinski definition) is 2. The minimum Gasteiger partial charge on any atom is -0.490 e. The van der Waals surface area contributed by atoms with Gasteiger partial charge in [0.25, 0.3) is 0 Å². The SMILES string of the molecule is Cc1cccc(O[C@@H]2CCC[C@H](C(C)CN)C2)c1. The molecule has 0 heterocycles. The molecule has 1 fully saturated rings. The Hall–Kier alpha value is -1.02. The minimum absolute atomic E-state index is 0.375. The van der Waals surface area contributed by atoms with Gasteiger partial charge in [-0.25, -0.2) is 0 Å². The summed E-state index contributed by atoms with van der Waals surface area (Å²) in [6.07, 6.45) is 5.30. The molecule has 1 saturated carbocycles. The van der Waals surface area contributed by atoms with Gasteiger partial charge in [0.1, 0.15) is 5.75 Å². The third-order valence-corrected chi connectivity index (χ3v) is 4.14. The second kappa shape index (κ2) is 6.24. The van der Waals surface area contributed by atoms with E-state index < -0.39 is 0 Å². The van der Waals surface area contributed by atoms with Crippen molar-refractivity contribution in [2.45, 2.75) is 45.6 Å². The van der Waals surface area contributed by atoms with E-state index in [0.717, 1.165) is 24.6 Å². The van der Waals surface area contributed by atoms with Gasteiger partial charge in [0.05, 0.1) is 6.10 Å². The van der Waals surface area contributed by atoms with Crippen molar-refractivity contribution in [1.29, 1.82) is 0 Å². The Morgan fingerprint density at radius 1 is 1.39 bits per heavy atom. The van der Waals surface area contributed by atoms with Gasteiger partial charge in [0, 0.05) is 0 Å². The van der Waals surface area contributed by atoms with E-state index in [1.807, 2.05) is 0 Å². The fraction of sp³-hybridized carbons (Fsp3) is 0.625. The van der Waals surface area contributed by atoms with Crippen molar-refractivity contribution in [2.75, 3.05) is 6.54 Å². The average molecular weight is 247 g/mol. The number of rotatable bonds is 4. The van der Waals surface area contributed by atoms with E-state index in [1.54, 1.807) is 0 Å². The predicted molar refractivity (Wildman–Crippen MR) is 75.8 cm³/mol. The van der Waals surface area contributed by atoms with Gasteiger partial charge in [-0.05, 0) is 68.7 Å². The molecule has 2 N–H and O–H groups in total. The quantitative estimate of drug-likeness (QED) is 0.883. The number of hydrogen-bond donors (Lipinski definition) is 1. The fourth-order valence-corrected chi connectivity index (χ4v) is 2.88. The molecule has 0 aromatic heterocycles. The van der Waals surface area contributed by atoms with Gasteiger partial charge in [-0.1, -0.05) is 19.1 Å². The lowest BCUT2D eigenvalue weighted by atomic mass is 9.79. The first-order valence-corrected chi connectivity index (χ1v) is 7.12. The predicted octanol–water partition coefficient (Wildman–Crippen LogP) is 3.53. The van der Waals surface area contributed by atoms with Gasteiger partial charge in [0.15, 0.2) is 0 Å². The van der Waals surface area contributed by atoms with E-state index in [1.165, 1.54) is 24.8 Å². The van der Waals surface area contributed by atoms with Crippen LogP contribution in [0.15, 0.2) is 24.3 Å². The molecule has 3 atom stereocenters. The summed E-state index contributed by atoms with van der Waals surface area (Å²) in [6, 6.07) is 8.35. The second-order valence-corrected chi connectivity index (χ2v) is 5.70. The van der Waals surface area contributed by atoms with Crippen LogP contribution in [0, 0.1) is 18.8 Å². The highest BCUT2D eigenvalue weighted by Gasteiger charge is 2.26. The number of aryl methyl sites for hydroxylation is 1. The molecule has 18 heavy (non-hydrogen) atoms. The van der Waals surface area contributed by atoms with Crippen molar-refractivity contribution in [3.8, 4) is 5.75 Å². The van der Waals surface area contributed by atoms with Crippen molar-refractivity contribution in [3.63, 3.8) is 0 Å². The summed E-state index contributed by atoms with van der Waals surface area (Å²) in [5.74, 6) is 2.37. The van der Waals surface area contributed by atoms with Crippen LogP contribution in [-0.4, -0.2) is 12.6 Å². The van der Waals surface area contributed by atoms with Crippen LogP contribution in [0.5, 0.6) is 5.75 Å². The zero-order valence-corrected chi connectivity index (χ0v) is 11.6. The van der Waals surface area contributed by atoms with E-state index >= 15 is 0 Å². The van der Waals surface area contributed by atoms with Crippen LogP contribution in [0.2, 0.25) is 0 Å². The Morgan fingerprint density at radius 3 is 2.94 bits per heavy atom. The third kappa shape index (κ3) is 3.49. The molecule has 2 rings (SSSR count). The first-order valence-electron chi connectivity index (χ1n) is 7.12. The molecule has 1 aliphatic carbocycles. The van der Waals surface area contributed by atoms with Gasteiger partial charge < -0.3 is 10.5 Å². The maximum atomic E-state index is 6.12. The van der Waals surface area contributed by atoms with Gasteiger partial charge in [-0.3, -0.25) is 0 Å². The first kappa shape index (κ1) is 13.4. The molecule has 0 amide bonds. The Bertz CT molecular complexity index is 377. The molecule has 0 radical (unpaired) electrons. The monoisotopic (exact) mass is 247 g/mol. The van der Waals surface area contributed by atoms with Crippen molar-refractivity contribution in [2.24, 2.45) is 17.6 Å². The highest BCUT2D eigenvalue weighted by atomic mass is 16.5. The largest absolute Gasteiger partial charge is 0.490 e. The Balaban J connectivity index is 1.93. The molecule has 2 nitrogen and oxygen atoms in total. The molecule has 0 spiro atoms. The highest BCUT2D eigenvalue weighted by Crippen LogP contribution is 2.32. The van der Waals surface area contributed by atoms with Crippen LogP contribution in [0.1, 0.15) is 38.2 Å². The standard InChI is InChI=1S/C16H25NO/c1-12-5-3-7-15(9-12)18-16-8-4-6-14(10-16)13(2)11-17/h3,5,7,9,13-14,16H,4,6,8,10-11,17H2,1-2H3/t13?,14-,16+/m0/s1. The van der Waals surface area contributed by atoms with Crippen LogP contribution in [0.3, 0.4) is 0 Å². The minimum atomic E-state index is 0.375. The summed E-state index contributed by atoms with van der Waals surface area (Å²) in [7, 11) is 0. The van der Waals surface area contributed by atoms with Crippen LogP contribution < -0.4 is 10.5 Å². The van der Waals surface area contributed by atoms with Gasteiger partial charge >= 0.3 is 0 Å². The molecule has 1 aromatic carbocycles. The summed E-state index contributed by atoms with van der Waals surface area (Å²) in [5.41, 5.74) is 7.04. The molecule has 1 unspecified atom stereocenters. The summed E-state index contributed by atoms with van der Waals surface area (Å²) in [6.45, 7) is 5.16. The van der Waals surface area contributed by atoms with Crippen molar-refractivity contribution < 1.29 is 4.74 Å². The van der Waals surface area contributed by atoms with Crippen molar-refractivity contribution in [1.82, 2.24) is 0 Å². The zero-order valence-electron chi connectivity index (χ0n) is 11.6. The smallest absolute Gasteiger partial charge is 0.119 e. The molecule has 1 aliphatic rings. The molecular formula is C16H25NO. The summed E-state index contributed by atoms with van der Waals surface area (Å²) < 4.78 is 6.12. The van der Waals surface area contributed by atoms with E-state index in [0.29, 0.717) is 12.0 Å². The summed E-state index contributed by atoms with van der Waals surface area (Å²) in [4.78, 5) is 0. The van der Waals surface area contributed by atoms with Crippen LogP contribution in [-0.2, 0) is 0 Å². The van der Waals surface area contributed by atoms with Crippen LogP contribution in [0.25, 0.3) is 0 Å². The maximum Gasteiger partial charge on any atom is 0.119 e. The van der Waals surface area contributed by atoms with E-state index in [2.05, 4.69) is 38.1 Å². The summed E-state index contributed by atoms with van der Waals surface area (Å²) >= 11 is 0. The molecule has 0 saturated heterocycles. The number of benzene rings is 1. The topological polar surface area (TPSA) is 35.2 Å². The Labute approximate surface area is 111 Å². The Morgan fingerprint density at radius 2 is 2.22 bits per heavy atom. The van der Waals surface area contributed by atoms with Crippen LogP contribution >= 0.6 is 0 Å². The molecule has 100 valence electrons. The van der Waals surface area contributed by atoms with Crippen molar-refractivity contribution in [3.05, 3.63) is 29.8 Å². The normalized spacial score (nSPS) is 25.7. The van der Waals surface area contributed by atoms with Gasteiger partial charge in [-0.15, -0.1) is 0 Å². The van der Waals surface area contributed by atoms with Crippen molar-refractivity contribution >= 4 is 0 Å². The maximum absolute atomic E-state index is 6.12. The lowest BCUT2D eigenvalue weighted by Crippen LogP contribution is -2.31. The number of ether oxygens (including phenoxy) is 1. The fourth-order valence-electron chi connectivity index (χ4n) is 2.88.